The number of pyridine rings is 2. The van der Waals surface area contributed by atoms with Crippen molar-refractivity contribution in [3.63, 3.8) is 0 Å². The van der Waals surface area contributed by atoms with E-state index in [0.717, 1.165) is 5.56 Å². The Kier molecular flexibility index (Phi) is 5.49. The highest BCUT2D eigenvalue weighted by Gasteiger charge is 2.40. The molecular weight excluding hydrogens is 468 g/mol. The summed E-state index contributed by atoms with van der Waals surface area (Å²) in [7, 11) is 1.26. The van der Waals surface area contributed by atoms with E-state index in [4.69, 9.17) is 9.47 Å². The summed E-state index contributed by atoms with van der Waals surface area (Å²) in [4.78, 5) is 22.0. The Hall–Kier alpha value is -3.89. The standard InChI is InChI=1S/C24H20F4N4O3/c1-12-8-13-5-6-18(21-16(25)4-3-7-29-21)35-19(13)9-17(12)32-11-14-15(24(26,27)28)10-30-22(34-2)20(14)31-23(32)33/h3-4,7-10,18H,5-6,11H2,1-2H3,(H,31,33). The van der Waals surface area contributed by atoms with Crippen LogP contribution in [0.1, 0.15) is 40.5 Å². The lowest BCUT2D eigenvalue weighted by atomic mass is 9.96. The van der Waals surface area contributed by atoms with Crippen LogP contribution in [0.2, 0.25) is 0 Å². The summed E-state index contributed by atoms with van der Waals surface area (Å²) in [5, 5.41) is 2.49. The van der Waals surface area contributed by atoms with Crippen LogP contribution in [0.25, 0.3) is 0 Å². The number of nitrogens with zero attached hydrogens (tertiary/aromatic N) is 3. The lowest BCUT2D eigenvalue weighted by Gasteiger charge is -2.34. The normalized spacial score (nSPS) is 17.3. The number of benzene rings is 1. The van der Waals surface area contributed by atoms with E-state index in [1.54, 1.807) is 13.0 Å². The summed E-state index contributed by atoms with van der Waals surface area (Å²) in [6.45, 7) is 1.41. The largest absolute Gasteiger partial charge is 0.484 e. The number of alkyl halides is 3. The summed E-state index contributed by atoms with van der Waals surface area (Å²) < 4.78 is 66.5. The molecule has 2 aliphatic heterocycles. The van der Waals surface area contributed by atoms with Crippen molar-refractivity contribution in [2.75, 3.05) is 17.3 Å². The van der Waals surface area contributed by atoms with E-state index in [1.165, 1.54) is 30.3 Å². The highest BCUT2D eigenvalue weighted by Crippen LogP contribution is 2.44. The van der Waals surface area contributed by atoms with Crippen molar-refractivity contribution >= 4 is 17.4 Å². The van der Waals surface area contributed by atoms with E-state index in [9.17, 15) is 22.4 Å². The van der Waals surface area contributed by atoms with E-state index in [-0.39, 0.29) is 29.4 Å². The number of amides is 2. The number of methoxy groups -OCH3 is 1. The minimum atomic E-state index is -4.68. The second-order valence-corrected chi connectivity index (χ2v) is 8.31. The summed E-state index contributed by atoms with van der Waals surface area (Å²) in [6, 6.07) is 5.59. The van der Waals surface area contributed by atoms with E-state index in [2.05, 4.69) is 15.3 Å². The number of anilines is 2. The first kappa shape index (κ1) is 22.9. The van der Waals surface area contributed by atoms with Gasteiger partial charge >= 0.3 is 12.2 Å². The van der Waals surface area contributed by atoms with Gasteiger partial charge in [0.2, 0.25) is 5.88 Å². The predicted molar refractivity (Wildman–Crippen MR) is 118 cm³/mol. The molecule has 7 nitrogen and oxygen atoms in total. The molecular formula is C24H20F4N4O3. The summed E-state index contributed by atoms with van der Waals surface area (Å²) in [5.41, 5.74) is 0.867. The summed E-state index contributed by atoms with van der Waals surface area (Å²) in [6.07, 6.45) is -2.02. The SMILES string of the molecule is COc1ncc(C(F)(F)F)c2c1NC(=O)N(c1cc3c(cc1C)CCC(c1ncccc1F)O3)C2. The maximum atomic E-state index is 14.3. The average molecular weight is 488 g/mol. The van der Waals surface area contributed by atoms with E-state index >= 15 is 0 Å². The number of hydrogen-bond donors (Lipinski definition) is 1. The average Bonchev–Trinajstić information content (AvgIpc) is 2.82. The van der Waals surface area contributed by atoms with E-state index < -0.39 is 29.7 Å². The molecule has 0 saturated heterocycles. The number of halogens is 4. The Morgan fingerprint density at radius 1 is 1.26 bits per heavy atom. The van der Waals surface area contributed by atoms with Crippen molar-refractivity contribution in [1.82, 2.24) is 9.97 Å². The number of rotatable bonds is 3. The van der Waals surface area contributed by atoms with Gasteiger partial charge in [0.25, 0.3) is 0 Å². The molecule has 5 rings (SSSR count). The fourth-order valence-corrected chi connectivity index (χ4v) is 4.48. The molecule has 0 aliphatic carbocycles. The van der Waals surface area contributed by atoms with Crippen molar-refractivity contribution < 1.29 is 31.8 Å². The number of carbonyl (C=O) groups excluding carboxylic acids is 1. The number of hydrogen-bond acceptors (Lipinski definition) is 5. The Morgan fingerprint density at radius 3 is 2.77 bits per heavy atom. The van der Waals surface area contributed by atoms with Gasteiger partial charge in [-0.05, 0) is 43.0 Å². The zero-order chi connectivity index (χ0) is 24.9. The molecule has 1 aromatic carbocycles. The minimum Gasteiger partial charge on any atom is -0.484 e. The number of urea groups is 1. The second-order valence-electron chi connectivity index (χ2n) is 8.31. The van der Waals surface area contributed by atoms with Crippen molar-refractivity contribution in [2.45, 2.75) is 38.6 Å². The first-order valence-electron chi connectivity index (χ1n) is 10.8. The predicted octanol–water partition coefficient (Wildman–Crippen LogP) is 5.57. The van der Waals surface area contributed by atoms with Gasteiger partial charge in [-0.25, -0.2) is 14.2 Å². The summed E-state index contributed by atoms with van der Waals surface area (Å²) in [5.74, 6) is -0.164. The van der Waals surface area contributed by atoms with Gasteiger partial charge in [0.15, 0.2) is 0 Å². The Balaban J connectivity index is 1.53. The van der Waals surface area contributed by atoms with Gasteiger partial charge in [-0.3, -0.25) is 9.88 Å². The van der Waals surface area contributed by atoms with Crippen molar-refractivity contribution in [1.29, 1.82) is 0 Å². The van der Waals surface area contributed by atoms with E-state index in [1.807, 2.05) is 6.07 Å². The van der Waals surface area contributed by atoms with Crippen LogP contribution in [-0.2, 0) is 19.1 Å². The van der Waals surface area contributed by atoms with Crippen LogP contribution in [0, 0.1) is 12.7 Å². The molecule has 3 aromatic rings. The second kappa shape index (κ2) is 8.40. The minimum absolute atomic E-state index is 0.105. The van der Waals surface area contributed by atoms with Gasteiger partial charge in [0.05, 0.1) is 24.9 Å². The van der Waals surface area contributed by atoms with Crippen LogP contribution >= 0.6 is 0 Å². The molecule has 1 N–H and O–H groups in total. The van der Waals surface area contributed by atoms with Crippen molar-refractivity contribution in [3.8, 4) is 11.6 Å². The smallest absolute Gasteiger partial charge is 0.418 e. The zero-order valence-corrected chi connectivity index (χ0v) is 18.7. The molecule has 4 heterocycles. The molecule has 35 heavy (non-hydrogen) atoms. The summed E-state index contributed by atoms with van der Waals surface area (Å²) >= 11 is 0. The van der Waals surface area contributed by atoms with Crippen LogP contribution in [-0.4, -0.2) is 23.1 Å². The maximum absolute atomic E-state index is 14.3. The molecule has 182 valence electrons. The van der Waals surface area contributed by atoms with Gasteiger partial charge in [-0.15, -0.1) is 0 Å². The zero-order valence-electron chi connectivity index (χ0n) is 18.7. The molecule has 11 heteroatoms. The number of fused-ring (bicyclic) bond motifs is 2. The number of aryl methyl sites for hydroxylation is 2. The molecule has 0 saturated carbocycles. The Morgan fingerprint density at radius 2 is 2.06 bits per heavy atom. The fourth-order valence-electron chi connectivity index (χ4n) is 4.48. The van der Waals surface area contributed by atoms with Crippen LogP contribution in [0.4, 0.5) is 33.7 Å². The molecule has 1 unspecified atom stereocenters. The third-order valence-electron chi connectivity index (χ3n) is 6.15. The molecule has 1 atom stereocenters. The van der Waals surface area contributed by atoms with Crippen molar-refractivity contribution in [2.24, 2.45) is 0 Å². The van der Waals surface area contributed by atoms with Crippen LogP contribution in [0.5, 0.6) is 11.6 Å². The number of nitrogens with one attached hydrogen (secondary N) is 1. The van der Waals surface area contributed by atoms with Crippen LogP contribution in [0.15, 0.2) is 36.7 Å². The van der Waals surface area contributed by atoms with Crippen LogP contribution < -0.4 is 19.7 Å². The topological polar surface area (TPSA) is 76.6 Å². The monoisotopic (exact) mass is 488 g/mol. The highest BCUT2D eigenvalue weighted by atomic mass is 19.4. The molecule has 0 fully saturated rings. The first-order chi connectivity index (χ1) is 16.7. The van der Waals surface area contributed by atoms with E-state index in [0.29, 0.717) is 36.0 Å². The van der Waals surface area contributed by atoms with Gasteiger partial charge in [-0.2, -0.15) is 13.2 Å². The number of aromatic nitrogens is 2. The molecule has 2 aromatic heterocycles. The third-order valence-corrected chi connectivity index (χ3v) is 6.15. The van der Waals surface area contributed by atoms with Gasteiger partial charge in [0.1, 0.15) is 29.1 Å². The molecule has 2 aliphatic rings. The maximum Gasteiger partial charge on any atom is 0.418 e. The lowest BCUT2D eigenvalue weighted by Crippen LogP contribution is -2.40. The van der Waals surface area contributed by atoms with Gasteiger partial charge in [-0.1, -0.05) is 6.07 Å². The Labute approximate surface area is 197 Å². The number of carbonyl (C=O) groups is 1. The third kappa shape index (κ3) is 4.00. The van der Waals surface area contributed by atoms with Crippen LogP contribution in [0.3, 0.4) is 0 Å². The number of ether oxygens (including phenoxy) is 2. The molecule has 0 spiro atoms. The highest BCUT2D eigenvalue weighted by molar-refractivity contribution is 6.06. The lowest BCUT2D eigenvalue weighted by molar-refractivity contribution is -0.138. The Bertz CT molecular complexity index is 1330. The van der Waals surface area contributed by atoms with Gasteiger partial charge < -0.3 is 14.8 Å². The quantitative estimate of drug-likeness (QED) is 0.488. The first-order valence-corrected chi connectivity index (χ1v) is 10.8. The molecule has 0 bridgehead atoms. The van der Waals surface area contributed by atoms with Gasteiger partial charge in [0, 0.05) is 24.0 Å². The molecule has 2 amide bonds. The van der Waals surface area contributed by atoms with Crippen molar-refractivity contribution in [3.05, 3.63) is 70.4 Å². The fraction of sp³-hybridized carbons (Fsp3) is 0.292. The molecule has 0 radical (unpaired) electrons.